The van der Waals surface area contributed by atoms with Gasteiger partial charge in [-0.05, 0) is 24.3 Å². The normalized spacial score (nSPS) is 11.0. The van der Waals surface area contributed by atoms with E-state index in [0.29, 0.717) is 29.6 Å². The van der Waals surface area contributed by atoms with Crippen LogP contribution in [0.5, 0.6) is 0 Å². The summed E-state index contributed by atoms with van der Waals surface area (Å²) in [7, 11) is 0. The molecule has 0 aliphatic rings. The van der Waals surface area contributed by atoms with E-state index in [4.69, 9.17) is 4.52 Å². The summed E-state index contributed by atoms with van der Waals surface area (Å²) in [6.07, 6.45) is 0. The molecule has 0 spiro atoms. The first-order chi connectivity index (χ1) is 13.2. The van der Waals surface area contributed by atoms with Gasteiger partial charge in [-0.15, -0.1) is 23.1 Å². The lowest BCUT2D eigenvalue weighted by molar-refractivity contribution is 0.0948. The topological polar surface area (TPSA) is 80.9 Å². The molecule has 0 radical (unpaired) electrons. The van der Waals surface area contributed by atoms with Gasteiger partial charge in [0, 0.05) is 11.8 Å². The number of benzene rings is 2. The molecule has 27 heavy (non-hydrogen) atoms. The van der Waals surface area contributed by atoms with E-state index < -0.39 is 0 Å². The first-order valence-corrected chi connectivity index (χ1v) is 10.1. The zero-order chi connectivity index (χ0) is 18.6. The molecule has 1 amide bonds. The maximum absolute atomic E-state index is 12.7. The first kappa shape index (κ1) is 17.7. The highest BCUT2D eigenvalue weighted by Gasteiger charge is 2.13. The molecule has 0 fully saturated rings. The monoisotopic (exact) mass is 396 g/mol. The standard InChI is InChI=1S/C19H16N4O2S2/c1-12-21-17(23-25-12)11-26-15-8-4-2-6-13(15)19(24)20-10-18-22-14-7-3-5-9-16(14)27-18/h2-9H,10-11H2,1H3,(H,20,24). The van der Waals surface area contributed by atoms with E-state index >= 15 is 0 Å². The summed E-state index contributed by atoms with van der Waals surface area (Å²) in [6.45, 7) is 2.16. The number of rotatable bonds is 6. The van der Waals surface area contributed by atoms with Gasteiger partial charge in [0.15, 0.2) is 5.82 Å². The van der Waals surface area contributed by atoms with E-state index in [2.05, 4.69) is 20.4 Å². The lowest BCUT2D eigenvalue weighted by atomic mass is 10.2. The molecule has 136 valence electrons. The maximum atomic E-state index is 12.7. The van der Waals surface area contributed by atoms with Crippen molar-refractivity contribution in [2.75, 3.05) is 0 Å². The van der Waals surface area contributed by atoms with Crippen LogP contribution in [0.4, 0.5) is 0 Å². The van der Waals surface area contributed by atoms with Gasteiger partial charge in [-0.2, -0.15) is 4.98 Å². The summed E-state index contributed by atoms with van der Waals surface area (Å²) >= 11 is 3.10. The average Bonchev–Trinajstić information content (AvgIpc) is 3.30. The molecule has 2 aromatic heterocycles. The highest BCUT2D eigenvalue weighted by Crippen LogP contribution is 2.26. The molecule has 2 heterocycles. The lowest BCUT2D eigenvalue weighted by Crippen LogP contribution is -2.23. The Bertz CT molecular complexity index is 1060. The van der Waals surface area contributed by atoms with Crippen molar-refractivity contribution in [2.24, 2.45) is 0 Å². The number of nitrogens with zero attached hydrogens (tertiary/aromatic N) is 3. The largest absolute Gasteiger partial charge is 0.345 e. The molecule has 0 atom stereocenters. The summed E-state index contributed by atoms with van der Waals surface area (Å²) in [5.74, 6) is 1.57. The summed E-state index contributed by atoms with van der Waals surface area (Å²) in [4.78, 5) is 22.3. The molecular weight excluding hydrogens is 380 g/mol. The zero-order valence-corrected chi connectivity index (χ0v) is 16.1. The second kappa shape index (κ2) is 7.89. The van der Waals surface area contributed by atoms with Crippen molar-refractivity contribution in [3.05, 3.63) is 70.8 Å². The SMILES string of the molecule is Cc1nc(CSc2ccccc2C(=O)NCc2nc3ccccc3s2)no1. The molecule has 6 nitrogen and oxygen atoms in total. The smallest absolute Gasteiger partial charge is 0.252 e. The molecule has 0 aliphatic heterocycles. The molecule has 4 rings (SSSR count). The maximum Gasteiger partial charge on any atom is 0.252 e. The molecule has 0 unspecified atom stereocenters. The van der Waals surface area contributed by atoms with Crippen LogP contribution >= 0.6 is 23.1 Å². The molecule has 1 N–H and O–H groups in total. The van der Waals surface area contributed by atoms with Crippen molar-refractivity contribution in [2.45, 2.75) is 24.1 Å². The van der Waals surface area contributed by atoms with Crippen molar-refractivity contribution in [1.29, 1.82) is 0 Å². The molecule has 0 bridgehead atoms. The van der Waals surface area contributed by atoms with Gasteiger partial charge in [-0.1, -0.05) is 29.4 Å². The second-order valence-electron chi connectivity index (χ2n) is 5.77. The summed E-state index contributed by atoms with van der Waals surface area (Å²) in [5, 5.41) is 7.74. The van der Waals surface area contributed by atoms with Gasteiger partial charge in [0.2, 0.25) is 5.89 Å². The van der Waals surface area contributed by atoms with Crippen LogP contribution in [-0.4, -0.2) is 21.0 Å². The Kier molecular flexibility index (Phi) is 5.17. The molecule has 0 saturated heterocycles. The number of amides is 1. The van der Waals surface area contributed by atoms with Gasteiger partial charge in [0.25, 0.3) is 5.91 Å². The number of fused-ring (bicyclic) bond motifs is 1. The van der Waals surface area contributed by atoms with Crippen molar-refractivity contribution >= 4 is 39.2 Å². The number of para-hydroxylation sites is 1. The highest BCUT2D eigenvalue weighted by molar-refractivity contribution is 7.98. The third-order valence-corrected chi connectivity index (χ3v) is 5.90. The van der Waals surface area contributed by atoms with Crippen molar-refractivity contribution < 1.29 is 9.32 Å². The zero-order valence-electron chi connectivity index (χ0n) is 14.5. The molecule has 0 saturated carbocycles. The Morgan fingerprint density at radius 2 is 1.96 bits per heavy atom. The number of carbonyl (C=O) groups is 1. The second-order valence-corrected chi connectivity index (χ2v) is 7.90. The highest BCUT2D eigenvalue weighted by atomic mass is 32.2. The number of carbonyl (C=O) groups excluding carboxylic acids is 1. The lowest BCUT2D eigenvalue weighted by Gasteiger charge is -2.08. The molecular formula is C19H16N4O2S2. The van der Waals surface area contributed by atoms with Gasteiger partial charge in [0.1, 0.15) is 5.01 Å². The van der Waals surface area contributed by atoms with Crippen molar-refractivity contribution in [1.82, 2.24) is 20.4 Å². The van der Waals surface area contributed by atoms with Crippen LogP contribution in [0.1, 0.15) is 27.1 Å². The van der Waals surface area contributed by atoms with Gasteiger partial charge >= 0.3 is 0 Å². The molecule has 8 heteroatoms. The minimum Gasteiger partial charge on any atom is -0.345 e. The third-order valence-electron chi connectivity index (χ3n) is 3.80. The number of hydrogen-bond donors (Lipinski definition) is 1. The number of nitrogens with one attached hydrogen (secondary N) is 1. The minimum absolute atomic E-state index is 0.123. The Hall–Kier alpha value is -2.71. The molecule has 2 aromatic carbocycles. The summed E-state index contributed by atoms with van der Waals surface area (Å²) < 4.78 is 6.10. The fourth-order valence-electron chi connectivity index (χ4n) is 2.57. The summed E-state index contributed by atoms with van der Waals surface area (Å²) in [6, 6.07) is 15.5. The number of thiazole rings is 1. The Balaban J connectivity index is 1.43. The molecule has 4 aromatic rings. The van der Waals surface area contributed by atoms with Gasteiger partial charge in [0.05, 0.1) is 28.1 Å². The predicted octanol–water partition coefficient (Wildman–Crippen LogP) is 4.21. The van der Waals surface area contributed by atoms with Gasteiger partial charge in [-0.3, -0.25) is 4.79 Å². The number of aromatic nitrogens is 3. The van der Waals surface area contributed by atoms with E-state index in [1.807, 2.05) is 48.5 Å². The van der Waals surface area contributed by atoms with Crippen molar-refractivity contribution in [3.63, 3.8) is 0 Å². The van der Waals surface area contributed by atoms with Crippen LogP contribution in [0.25, 0.3) is 10.2 Å². The van der Waals surface area contributed by atoms with E-state index in [0.717, 1.165) is 20.1 Å². The first-order valence-electron chi connectivity index (χ1n) is 8.33. The van der Waals surface area contributed by atoms with Crippen LogP contribution in [0.15, 0.2) is 57.9 Å². The van der Waals surface area contributed by atoms with Crippen LogP contribution in [0.2, 0.25) is 0 Å². The predicted molar refractivity (Wildman–Crippen MR) is 106 cm³/mol. The van der Waals surface area contributed by atoms with Crippen LogP contribution < -0.4 is 5.32 Å². The minimum atomic E-state index is -0.123. The number of hydrogen-bond acceptors (Lipinski definition) is 7. The number of thioether (sulfide) groups is 1. The van der Waals surface area contributed by atoms with Crippen LogP contribution in [0, 0.1) is 6.92 Å². The van der Waals surface area contributed by atoms with Gasteiger partial charge < -0.3 is 9.84 Å². The van der Waals surface area contributed by atoms with Crippen LogP contribution in [0.3, 0.4) is 0 Å². The fourth-order valence-corrected chi connectivity index (χ4v) is 4.37. The van der Waals surface area contributed by atoms with Crippen LogP contribution in [-0.2, 0) is 12.3 Å². The Morgan fingerprint density at radius 3 is 2.78 bits per heavy atom. The quantitative estimate of drug-likeness (QED) is 0.492. The summed E-state index contributed by atoms with van der Waals surface area (Å²) in [5.41, 5.74) is 1.59. The molecule has 0 aliphatic carbocycles. The Morgan fingerprint density at radius 1 is 1.15 bits per heavy atom. The van der Waals surface area contributed by atoms with Crippen molar-refractivity contribution in [3.8, 4) is 0 Å². The average molecular weight is 396 g/mol. The van der Waals surface area contributed by atoms with E-state index in [1.165, 1.54) is 11.8 Å². The van der Waals surface area contributed by atoms with E-state index in [9.17, 15) is 4.79 Å². The van der Waals surface area contributed by atoms with E-state index in [-0.39, 0.29) is 5.91 Å². The Labute approximate surface area is 164 Å². The van der Waals surface area contributed by atoms with Gasteiger partial charge in [-0.25, -0.2) is 4.98 Å². The van der Waals surface area contributed by atoms with E-state index in [1.54, 1.807) is 18.3 Å². The fraction of sp³-hybridized carbons (Fsp3) is 0.158. The third kappa shape index (κ3) is 4.17. The number of aryl methyl sites for hydroxylation is 1.